The minimum atomic E-state index is -0.407. The fourth-order valence-electron chi connectivity index (χ4n) is 4.89. The van der Waals surface area contributed by atoms with Crippen molar-refractivity contribution >= 4 is 5.65 Å². The predicted molar refractivity (Wildman–Crippen MR) is 134 cm³/mol. The third-order valence-electron chi connectivity index (χ3n) is 6.96. The number of phenolic OH excluding ortho intramolecular Hbond substituents is 1. The molecule has 4 aromatic heterocycles. The summed E-state index contributed by atoms with van der Waals surface area (Å²) in [6.45, 7) is 8.64. The van der Waals surface area contributed by atoms with E-state index in [4.69, 9.17) is 0 Å². The van der Waals surface area contributed by atoms with Crippen molar-refractivity contribution in [1.29, 1.82) is 0 Å². The molecule has 0 saturated carbocycles. The highest BCUT2D eigenvalue weighted by Crippen LogP contribution is 2.34. The molecule has 1 saturated heterocycles. The number of H-pyrrole nitrogens is 1. The standard InChI is InChI=1S/C27H26FN7O/c1-15-10-35-13-19(8-23(28)27(35)29-15)18-4-5-21(26(36)9-18)25-7-6-24(32-33-25)20-11-34(12-20)14-22-16(2)30-31-17(22)3/h4-10,13,20,36H,11-12,14H2,1-3H3,(H,30,31). The Morgan fingerprint density at radius 2 is 1.86 bits per heavy atom. The molecule has 1 aliphatic heterocycles. The van der Waals surface area contributed by atoms with Crippen molar-refractivity contribution in [2.24, 2.45) is 0 Å². The molecular formula is C27H26FN7O. The normalized spacial score (nSPS) is 14.4. The van der Waals surface area contributed by atoms with Crippen LogP contribution < -0.4 is 0 Å². The average Bonchev–Trinajstić information content (AvgIpc) is 3.37. The third kappa shape index (κ3) is 3.91. The maximum absolute atomic E-state index is 14.5. The first-order valence-electron chi connectivity index (χ1n) is 11.9. The molecule has 5 heterocycles. The lowest BCUT2D eigenvalue weighted by Gasteiger charge is -2.38. The van der Waals surface area contributed by atoms with Crippen molar-refractivity contribution in [1.82, 2.24) is 34.7 Å². The lowest BCUT2D eigenvalue weighted by molar-refractivity contribution is 0.136. The second-order valence-corrected chi connectivity index (χ2v) is 9.57. The third-order valence-corrected chi connectivity index (χ3v) is 6.96. The van der Waals surface area contributed by atoms with E-state index in [9.17, 15) is 9.50 Å². The molecular weight excluding hydrogens is 457 g/mol. The molecule has 0 radical (unpaired) electrons. The van der Waals surface area contributed by atoms with E-state index < -0.39 is 5.82 Å². The minimum Gasteiger partial charge on any atom is -0.507 e. The molecule has 8 nitrogen and oxygen atoms in total. The topological polar surface area (TPSA) is 95.2 Å². The Morgan fingerprint density at radius 3 is 2.56 bits per heavy atom. The fourth-order valence-corrected chi connectivity index (χ4v) is 4.89. The van der Waals surface area contributed by atoms with Gasteiger partial charge in [-0.2, -0.15) is 15.3 Å². The number of aromatic nitrogens is 6. The first-order valence-corrected chi connectivity index (χ1v) is 11.9. The second kappa shape index (κ2) is 8.53. The number of rotatable bonds is 5. The molecule has 9 heteroatoms. The smallest absolute Gasteiger partial charge is 0.173 e. The van der Waals surface area contributed by atoms with Crippen LogP contribution in [0.4, 0.5) is 4.39 Å². The van der Waals surface area contributed by atoms with Gasteiger partial charge in [0.2, 0.25) is 0 Å². The molecule has 1 aromatic carbocycles. The van der Waals surface area contributed by atoms with Crippen LogP contribution in [0.2, 0.25) is 0 Å². The molecule has 0 atom stereocenters. The van der Waals surface area contributed by atoms with Gasteiger partial charge in [0.1, 0.15) is 5.75 Å². The van der Waals surface area contributed by atoms with Crippen LogP contribution in [0.3, 0.4) is 0 Å². The quantitative estimate of drug-likeness (QED) is 0.381. The number of nitrogens with zero attached hydrogens (tertiary/aromatic N) is 6. The molecule has 6 rings (SSSR count). The molecule has 0 aliphatic carbocycles. The van der Waals surface area contributed by atoms with Crippen LogP contribution in [0, 0.1) is 26.6 Å². The number of benzene rings is 1. The number of aryl methyl sites for hydroxylation is 3. The summed E-state index contributed by atoms with van der Waals surface area (Å²) in [5.41, 5.74) is 7.93. The molecule has 1 aliphatic rings. The Labute approximate surface area is 207 Å². The number of aromatic hydroxyl groups is 1. The first-order chi connectivity index (χ1) is 17.4. The van der Waals surface area contributed by atoms with Crippen LogP contribution in [0.25, 0.3) is 28.0 Å². The fraction of sp³-hybridized carbons (Fsp3) is 0.259. The number of hydrogen-bond donors (Lipinski definition) is 2. The Morgan fingerprint density at radius 1 is 1.03 bits per heavy atom. The zero-order valence-electron chi connectivity index (χ0n) is 20.3. The maximum atomic E-state index is 14.5. The molecule has 36 heavy (non-hydrogen) atoms. The lowest BCUT2D eigenvalue weighted by Crippen LogP contribution is -2.44. The van der Waals surface area contributed by atoms with Crippen molar-refractivity contribution in [3.8, 4) is 28.1 Å². The minimum absolute atomic E-state index is 0.0672. The summed E-state index contributed by atoms with van der Waals surface area (Å²) >= 11 is 0. The monoisotopic (exact) mass is 483 g/mol. The SMILES string of the molecule is Cc1cn2cc(-c3ccc(-c4ccc(C5CN(Cc6c(C)n[nH]c6C)C5)nn4)c(O)c3)cc(F)c2n1. The van der Waals surface area contributed by atoms with E-state index in [0.717, 1.165) is 42.4 Å². The number of imidazole rings is 1. The van der Waals surface area contributed by atoms with Gasteiger partial charge in [0.25, 0.3) is 0 Å². The van der Waals surface area contributed by atoms with Crippen molar-refractivity contribution < 1.29 is 9.50 Å². The Bertz CT molecular complexity index is 1560. The Hall–Kier alpha value is -4.11. The summed E-state index contributed by atoms with van der Waals surface area (Å²) in [6.07, 6.45) is 3.58. The van der Waals surface area contributed by atoms with Gasteiger partial charge in [-0.3, -0.25) is 10.00 Å². The number of phenols is 1. The molecule has 2 N–H and O–H groups in total. The second-order valence-electron chi connectivity index (χ2n) is 9.57. The molecule has 5 aromatic rings. The van der Waals surface area contributed by atoms with E-state index in [1.54, 1.807) is 28.9 Å². The molecule has 0 spiro atoms. The summed E-state index contributed by atoms with van der Waals surface area (Å²) in [5, 5.41) is 26.9. The summed E-state index contributed by atoms with van der Waals surface area (Å²) in [5.74, 6) is -0.000540. The highest BCUT2D eigenvalue weighted by molar-refractivity contribution is 5.74. The van der Waals surface area contributed by atoms with E-state index >= 15 is 0 Å². The van der Waals surface area contributed by atoms with Crippen LogP contribution in [-0.2, 0) is 6.54 Å². The number of aromatic amines is 1. The number of likely N-dealkylation sites (tertiary alicyclic amines) is 1. The van der Waals surface area contributed by atoms with Crippen LogP contribution in [-0.4, -0.2) is 52.9 Å². The van der Waals surface area contributed by atoms with Crippen LogP contribution in [0.1, 0.15) is 34.3 Å². The molecule has 0 amide bonds. The number of fused-ring (bicyclic) bond motifs is 1. The first kappa shape index (κ1) is 22.4. The van der Waals surface area contributed by atoms with Gasteiger partial charge in [-0.25, -0.2) is 9.37 Å². The van der Waals surface area contributed by atoms with Crippen LogP contribution in [0.5, 0.6) is 5.75 Å². The largest absolute Gasteiger partial charge is 0.507 e. The van der Waals surface area contributed by atoms with Gasteiger partial charge in [0, 0.05) is 60.3 Å². The van der Waals surface area contributed by atoms with Gasteiger partial charge >= 0.3 is 0 Å². The van der Waals surface area contributed by atoms with E-state index in [2.05, 4.69) is 37.2 Å². The predicted octanol–water partition coefficient (Wildman–Crippen LogP) is 4.55. The van der Waals surface area contributed by atoms with Crippen molar-refractivity contribution in [3.63, 3.8) is 0 Å². The molecule has 1 fully saturated rings. The van der Waals surface area contributed by atoms with Gasteiger partial charge in [0.05, 0.1) is 22.8 Å². The summed E-state index contributed by atoms with van der Waals surface area (Å²) < 4.78 is 16.2. The van der Waals surface area contributed by atoms with E-state index in [1.165, 1.54) is 11.6 Å². The lowest BCUT2D eigenvalue weighted by atomic mass is 9.94. The van der Waals surface area contributed by atoms with E-state index in [-0.39, 0.29) is 11.4 Å². The molecule has 0 unspecified atom stereocenters. The zero-order valence-corrected chi connectivity index (χ0v) is 20.3. The van der Waals surface area contributed by atoms with Crippen molar-refractivity contribution in [3.05, 3.63) is 82.9 Å². The maximum Gasteiger partial charge on any atom is 0.173 e. The van der Waals surface area contributed by atoms with Crippen molar-refractivity contribution in [2.45, 2.75) is 33.2 Å². The van der Waals surface area contributed by atoms with E-state index in [1.807, 2.05) is 32.0 Å². The number of pyridine rings is 1. The van der Waals surface area contributed by atoms with E-state index in [0.29, 0.717) is 28.3 Å². The number of nitrogens with one attached hydrogen (secondary N) is 1. The summed E-state index contributed by atoms with van der Waals surface area (Å²) in [4.78, 5) is 6.57. The van der Waals surface area contributed by atoms with Gasteiger partial charge < -0.3 is 9.51 Å². The molecule has 182 valence electrons. The number of hydrogen-bond acceptors (Lipinski definition) is 6. The highest BCUT2D eigenvalue weighted by atomic mass is 19.1. The summed E-state index contributed by atoms with van der Waals surface area (Å²) in [6, 6.07) is 10.6. The van der Waals surface area contributed by atoms with Gasteiger partial charge in [0.15, 0.2) is 11.5 Å². The average molecular weight is 484 g/mol. The van der Waals surface area contributed by atoms with Gasteiger partial charge in [-0.15, -0.1) is 0 Å². The van der Waals surface area contributed by atoms with Crippen LogP contribution in [0.15, 0.2) is 48.8 Å². The Kier molecular flexibility index (Phi) is 5.30. The Balaban J connectivity index is 1.17. The van der Waals surface area contributed by atoms with Crippen LogP contribution >= 0.6 is 0 Å². The van der Waals surface area contributed by atoms with Gasteiger partial charge in [-0.05, 0) is 56.7 Å². The highest BCUT2D eigenvalue weighted by Gasteiger charge is 2.30. The molecule has 0 bridgehead atoms. The van der Waals surface area contributed by atoms with Crippen molar-refractivity contribution in [2.75, 3.05) is 13.1 Å². The number of halogens is 1. The summed E-state index contributed by atoms with van der Waals surface area (Å²) in [7, 11) is 0. The zero-order chi connectivity index (χ0) is 25.0. The van der Waals surface area contributed by atoms with Gasteiger partial charge in [-0.1, -0.05) is 6.07 Å².